The molecule has 4 rings (SSSR count). The number of benzene rings is 3. The second-order valence-electron chi connectivity index (χ2n) is 8.72. The number of ether oxygens (including phenoxy) is 1. The van der Waals surface area contributed by atoms with E-state index in [0.717, 1.165) is 29.5 Å². The van der Waals surface area contributed by atoms with Gasteiger partial charge in [0.15, 0.2) is 0 Å². The summed E-state index contributed by atoms with van der Waals surface area (Å²) in [7, 11) is 1.59. The maximum atomic E-state index is 13.5. The first-order valence-corrected chi connectivity index (χ1v) is 12.1. The Kier molecular flexibility index (Phi) is 7.93. The molecule has 1 atom stereocenters. The van der Waals surface area contributed by atoms with Gasteiger partial charge in [-0.3, -0.25) is 9.59 Å². The number of nitrogens with one attached hydrogen (secondary N) is 1. The molecule has 0 spiro atoms. The van der Waals surface area contributed by atoms with Crippen LogP contribution in [0.2, 0.25) is 5.02 Å². The van der Waals surface area contributed by atoms with Crippen molar-refractivity contribution in [2.24, 2.45) is 0 Å². The number of halogens is 1. The molecule has 0 heterocycles. The molecule has 1 aliphatic rings. The lowest BCUT2D eigenvalue weighted by Crippen LogP contribution is -2.45. The van der Waals surface area contributed by atoms with E-state index in [4.69, 9.17) is 16.3 Å². The minimum atomic E-state index is -0.743. The van der Waals surface area contributed by atoms with E-state index in [1.165, 1.54) is 0 Å². The van der Waals surface area contributed by atoms with Crippen LogP contribution in [-0.4, -0.2) is 35.0 Å². The van der Waals surface area contributed by atoms with Gasteiger partial charge < -0.3 is 20.1 Å². The first-order valence-electron chi connectivity index (χ1n) is 11.7. The molecule has 0 radical (unpaired) electrons. The zero-order valence-electron chi connectivity index (χ0n) is 19.6. The van der Waals surface area contributed by atoms with Crippen LogP contribution in [0.1, 0.15) is 42.0 Å². The maximum absolute atomic E-state index is 13.5. The maximum Gasteiger partial charge on any atom is 0.247 e. The third-order valence-corrected chi connectivity index (χ3v) is 6.38. The molecule has 35 heavy (non-hydrogen) atoms. The number of nitrogens with zero attached hydrogens (tertiary/aromatic N) is 1. The SMILES string of the molecule is COc1ccc(C(C(=O)NCc2ccc(Cl)cc2)N(C(=O)CCc2ccc(O)cc2)C2CC2)cc1. The first-order chi connectivity index (χ1) is 16.9. The summed E-state index contributed by atoms with van der Waals surface area (Å²) in [6.45, 7) is 0.336. The van der Waals surface area contributed by atoms with Crippen LogP contribution in [0.3, 0.4) is 0 Å². The van der Waals surface area contributed by atoms with Gasteiger partial charge in [-0.2, -0.15) is 0 Å². The Morgan fingerprint density at radius 2 is 1.63 bits per heavy atom. The summed E-state index contributed by atoms with van der Waals surface area (Å²) >= 11 is 5.98. The molecule has 1 fully saturated rings. The van der Waals surface area contributed by atoms with Crippen LogP contribution < -0.4 is 10.1 Å². The molecular formula is C28H29ClN2O4. The van der Waals surface area contributed by atoms with Crippen molar-refractivity contribution in [1.29, 1.82) is 0 Å². The van der Waals surface area contributed by atoms with Crippen LogP contribution in [0.25, 0.3) is 0 Å². The van der Waals surface area contributed by atoms with Crippen molar-refractivity contribution in [1.82, 2.24) is 10.2 Å². The van der Waals surface area contributed by atoms with E-state index < -0.39 is 6.04 Å². The first kappa shape index (κ1) is 24.6. The van der Waals surface area contributed by atoms with Crippen molar-refractivity contribution >= 4 is 23.4 Å². The van der Waals surface area contributed by atoms with E-state index in [2.05, 4.69) is 5.32 Å². The van der Waals surface area contributed by atoms with Crippen molar-refractivity contribution in [3.63, 3.8) is 0 Å². The number of phenols is 1. The van der Waals surface area contributed by atoms with Crippen LogP contribution >= 0.6 is 11.6 Å². The fraction of sp³-hybridized carbons (Fsp3) is 0.286. The molecule has 1 aliphatic carbocycles. The fourth-order valence-electron chi connectivity index (χ4n) is 4.07. The second-order valence-corrected chi connectivity index (χ2v) is 9.16. The number of carbonyl (C=O) groups is 2. The van der Waals surface area contributed by atoms with Gasteiger partial charge in [0.1, 0.15) is 17.5 Å². The molecule has 1 unspecified atom stereocenters. The highest BCUT2D eigenvalue weighted by atomic mass is 35.5. The highest BCUT2D eigenvalue weighted by molar-refractivity contribution is 6.30. The summed E-state index contributed by atoms with van der Waals surface area (Å²) in [6, 6.07) is 20.7. The third-order valence-electron chi connectivity index (χ3n) is 6.13. The minimum absolute atomic E-state index is 0.0377. The van der Waals surface area contributed by atoms with E-state index in [1.54, 1.807) is 48.4 Å². The Hall–Kier alpha value is -3.51. The zero-order valence-corrected chi connectivity index (χ0v) is 20.4. The van der Waals surface area contributed by atoms with Crippen LogP contribution in [0, 0.1) is 0 Å². The van der Waals surface area contributed by atoms with Gasteiger partial charge >= 0.3 is 0 Å². The third kappa shape index (κ3) is 6.55. The summed E-state index contributed by atoms with van der Waals surface area (Å²) in [5.41, 5.74) is 2.62. The molecule has 3 aromatic carbocycles. The summed E-state index contributed by atoms with van der Waals surface area (Å²) in [5.74, 6) is 0.584. The minimum Gasteiger partial charge on any atom is -0.508 e. The van der Waals surface area contributed by atoms with Gasteiger partial charge in [0.2, 0.25) is 11.8 Å². The average molecular weight is 493 g/mol. The Balaban J connectivity index is 1.55. The number of aryl methyl sites for hydroxylation is 1. The van der Waals surface area contributed by atoms with Gasteiger partial charge in [-0.05, 0) is 72.4 Å². The largest absolute Gasteiger partial charge is 0.508 e. The second kappa shape index (κ2) is 11.3. The van der Waals surface area contributed by atoms with E-state index in [1.807, 2.05) is 36.4 Å². The van der Waals surface area contributed by atoms with Crippen LogP contribution in [0.15, 0.2) is 72.8 Å². The molecule has 182 valence electrons. The number of methoxy groups -OCH3 is 1. The summed E-state index contributed by atoms with van der Waals surface area (Å²) < 4.78 is 5.28. The topological polar surface area (TPSA) is 78.9 Å². The lowest BCUT2D eigenvalue weighted by Gasteiger charge is -2.32. The smallest absolute Gasteiger partial charge is 0.247 e. The van der Waals surface area contributed by atoms with Crippen LogP contribution in [0.4, 0.5) is 0 Å². The van der Waals surface area contributed by atoms with Gasteiger partial charge in [-0.25, -0.2) is 0 Å². The Labute approximate surface area is 210 Å². The number of carbonyl (C=O) groups excluding carboxylic acids is 2. The average Bonchev–Trinajstić information content (AvgIpc) is 3.71. The molecular weight excluding hydrogens is 464 g/mol. The molecule has 3 aromatic rings. The molecule has 6 nitrogen and oxygen atoms in total. The summed E-state index contributed by atoms with van der Waals surface area (Å²) in [4.78, 5) is 28.8. The Morgan fingerprint density at radius 3 is 2.23 bits per heavy atom. The molecule has 1 saturated carbocycles. The Morgan fingerprint density at radius 1 is 1.00 bits per heavy atom. The van der Waals surface area contributed by atoms with Gasteiger partial charge in [-0.15, -0.1) is 0 Å². The van der Waals surface area contributed by atoms with Crippen molar-refractivity contribution in [2.45, 2.75) is 44.3 Å². The Bertz CT molecular complexity index is 1140. The van der Waals surface area contributed by atoms with E-state index in [0.29, 0.717) is 23.7 Å². The summed E-state index contributed by atoms with van der Waals surface area (Å²) in [5, 5.41) is 13.2. The van der Waals surface area contributed by atoms with Crippen molar-refractivity contribution < 1.29 is 19.4 Å². The molecule has 0 saturated heterocycles. The van der Waals surface area contributed by atoms with Crippen LogP contribution in [0.5, 0.6) is 11.5 Å². The monoisotopic (exact) mass is 492 g/mol. The molecule has 2 amide bonds. The standard InChI is InChI=1S/C28H29ClN2O4/c1-35-25-15-7-21(8-16-25)27(28(34)30-18-20-2-9-22(29)10-3-20)31(23-11-12-23)26(33)17-6-19-4-13-24(32)14-5-19/h2-5,7-10,13-16,23,27,32H,6,11-12,17-18H2,1H3,(H,30,34). The van der Waals surface area contributed by atoms with Crippen molar-refractivity contribution in [3.05, 3.63) is 94.5 Å². The number of hydrogen-bond acceptors (Lipinski definition) is 4. The number of amides is 2. The predicted molar refractivity (Wildman–Crippen MR) is 135 cm³/mol. The normalized spacial score (nSPS) is 13.7. The van der Waals surface area contributed by atoms with E-state index >= 15 is 0 Å². The quantitative estimate of drug-likeness (QED) is 0.416. The van der Waals surface area contributed by atoms with Crippen molar-refractivity contribution in [3.8, 4) is 11.5 Å². The lowest BCUT2D eigenvalue weighted by molar-refractivity contribution is -0.141. The number of phenolic OH excluding ortho intramolecular Hbond substituents is 1. The van der Waals surface area contributed by atoms with Gasteiger partial charge in [0.05, 0.1) is 7.11 Å². The zero-order chi connectivity index (χ0) is 24.8. The number of rotatable bonds is 10. The van der Waals surface area contributed by atoms with Gasteiger partial charge in [0, 0.05) is 24.0 Å². The van der Waals surface area contributed by atoms with E-state index in [9.17, 15) is 14.7 Å². The van der Waals surface area contributed by atoms with E-state index in [-0.39, 0.29) is 30.0 Å². The molecule has 0 aliphatic heterocycles. The highest BCUT2D eigenvalue weighted by Gasteiger charge is 2.41. The molecule has 0 aromatic heterocycles. The number of hydrogen-bond donors (Lipinski definition) is 2. The number of aromatic hydroxyl groups is 1. The van der Waals surface area contributed by atoms with Crippen LogP contribution in [-0.2, 0) is 22.6 Å². The molecule has 2 N–H and O–H groups in total. The predicted octanol–water partition coefficient (Wildman–Crippen LogP) is 5.04. The molecule has 0 bridgehead atoms. The highest BCUT2D eigenvalue weighted by Crippen LogP contribution is 2.36. The summed E-state index contributed by atoms with van der Waals surface area (Å²) in [6.07, 6.45) is 2.56. The van der Waals surface area contributed by atoms with Gasteiger partial charge in [-0.1, -0.05) is 48.0 Å². The lowest BCUT2D eigenvalue weighted by atomic mass is 10.0. The van der Waals surface area contributed by atoms with Gasteiger partial charge in [0.25, 0.3) is 0 Å². The van der Waals surface area contributed by atoms with Crippen molar-refractivity contribution in [2.75, 3.05) is 7.11 Å². The molecule has 7 heteroatoms. The fourth-order valence-corrected chi connectivity index (χ4v) is 4.19.